The van der Waals surface area contributed by atoms with Gasteiger partial charge >= 0.3 is 0 Å². The van der Waals surface area contributed by atoms with Crippen molar-refractivity contribution in [1.29, 1.82) is 0 Å². The van der Waals surface area contributed by atoms with E-state index in [-0.39, 0.29) is 12.0 Å². The number of nitrogens with zero attached hydrogens (tertiary/aromatic N) is 1. The van der Waals surface area contributed by atoms with Gasteiger partial charge in [0.1, 0.15) is 0 Å². The van der Waals surface area contributed by atoms with Gasteiger partial charge in [0, 0.05) is 19.1 Å². The molecule has 0 radical (unpaired) electrons. The predicted octanol–water partition coefficient (Wildman–Crippen LogP) is -0.490. The van der Waals surface area contributed by atoms with Gasteiger partial charge in [0.2, 0.25) is 0 Å². The average molecular weight is 221 g/mol. The van der Waals surface area contributed by atoms with Crippen molar-refractivity contribution in [2.24, 2.45) is 11.7 Å². The molecule has 0 amide bonds. The maximum absolute atomic E-state index is 11.6. The molecule has 6 heteroatoms. The average Bonchev–Trinajstić information content (AvgIpc) is 2.16. The van der Waals surface area contributed by atoms with E-state index < -0.39 is 10.2 Å². The molecule has 14 heavy (non-hydrogen) atoms. The number of hydrogen-bond acceptors (Lipinski definition) is 3. The van der Waals surface area contributed by atoms with E-state index >= 15 is 0 Å². The summed E-state index contributed by atoms with van der Waals surface area (Å²) in [6.07, 6.45) is 0.818. The van der Waals surface area contributed by atoms with Crippen LogP contribution in [0.2, 0.25) is 0 Å². The highest BCUT2D eigenvalue weighted by Crippen LogP contribution is 2.15. The third-order valence-corrected chi connectivity index (χ3v) is 4.37. The van der Waals surface area contributed by atoms with Crippen LogP contribution in [-0.4, -0.2) is 38.4 Å². The highest BCUT2D eigenvalue weighted by atomic mass is 32.2. The SMILES string of the molecule is CCC(C)N1CC(CN)CNS1(=O)=O. The largest absolute Gasteiger partial charge is 0.330 e. The molecule has 0 saturated carbocycles. The summed E-state index contributed by atoms with van der Waals surface area (Å²) >= 11 is 0. The number of hydrogen-bond donors (Lipinski definition) is 2. The summed E-state index contributed by atoms with van der Waals surface area (Å²) in [7, 11) is -3.25. The minimum atomic E-state index is -3.25. The Hall–Kier alpha value is -0.170. The van der Waals surface area contributed by atoms with Gasteiger partial charge in [-0.05, 0) is 25.8 Å². The number of nitrogens with one attached hydrogen (secondary N) is 1. The molecule has 1 heterocycles. The molecule has 0 aromatic rings. The zero-order valence-electron chi connectivity index (χ0n) is 8.73. The lowest BCUT2D eigenvalue weighted by Crippen LogP contribution is -2.55. The standard InChI is InChI=1S/C8H19N3O2S/c1-3-7(2)11-6-8(4-9)5-10-14(11,12)13/h7-8,10H,3-6,9H2,1-2H3. The first kappa shape index (κ1) is 11.9. The van der Waals surface area contributed by atoms with Gasteiger partial charge in [-0.1, -0.05) is 6.92 Å². The Morgan fingerprint density at radius 3 is 2.79 bits per heavy atom. The molecular formula is C8H19N3O2S. The molecule has 1 fully saturated rings. The van der Waals surface area contributed by atoms with Crippen LogP contribution in [0.25, 0.3) is 0 Å². The summed E-state index contributed by atoms with van der Waals surface area (Å²) in [6, 6.07) is 0.0434. The summed E-state index contributed by atoms with van der Waals surface area (Å²) in [4.78, 5) is 0. The second-order valence-corrected chi connectivity index (χ2v) is 5.49. The third-order valence-electron chi connectivity index (χ3n) is 2.72. The van der Waals surface area contributed by atoms with E-state index in [1.807, 2.05) is 13.8 Å². The Balaban J connectivity index is 2.76. The fourth-order valence-electron chi connectivity index (χ4n) is 1.50. The smallest absolute Gasteiger partial charge is 0.279 e. The van der Waals surface area contributed by atoms with Gasteiger partial charge in [0.25, 0.3) is 10.2 Å². The monoisotopic (exact) mass is 221 g/mol. The topological polar surface area (TPSA) is 75.4 Å². The van der Waals surface area contributed by atoms with Crippen LogP contribution >= 0.6 is 0 Å². The Kier molecular flexibility index (Phi) is 3.88. The number of rotatable bonds is 3. The van der Waals surface area contributed by atoms with Crippen molar-refractivity contribution in [3.63, 3.8) is 0 Å². The Morgan fingerprint density at radius 1 is 1.64 bits per heavy atom. The van der Waals surface area contributed by atoms with Crippen molar-refractivity contribution in [2.45, 2.75) is 26.3 Å². The third kappa shape index (κ3) is 2.44. The Bertz CT molecular complexity index is 278. The van der Waals surface area contributed by atoms with E-state index in [4.69, 9.17) is 5.73 Å². The van der Waals surface area contributed by atoms with Crippen molar-refractivity contribution in [1.82, 2.24) is 9.03 Å². The zero-order valence-corrected chi connectivity index (χ0v) is 9.55. The maximum atomic E-state index is 11.6. The lowest BCUT2D eigenvalue weighted by atomic mass is 10.1. The van der Waals surface area contributed by atoms with Gasteiger partial charge in [-0.2, -0.15) is 12.7 Å². The molecule has 0 aromatic heterocycles. The first-order valence-corrected chi connectivity index (χ1v) is 6.41. The molecule has 2 atom stereocenters. The minimum Gasteiger partial charge on any atom is -0.330 e. The zero-order chi connectivity index (χ0) is 10.8. The van der Waals surface area contributed by atoms with Crippen LogP contribution in [0.3, 0.4) is 0 Å². The molecule has 0 aromatic carbocycles. The molecule has 1 aliphatic rings. The molecule has 1 saturated heterocycles. The normalized spacial score (nSPS) is 30.1. The predicted molar refractivity (Wildman–Crippen MR) is 55.9 cm³/mol. The molecule has 0 aliphatic carbocycles. The van der Waals surface area contributed by atoms with Crippen molar-refractivity contribution in [2.75, 3.05) is 19.6 Å². The van der Waals surface area contributed by atoms with Gasteiger partial charge in [-0.3, -0.25) is 0 Å². The van der Waals surface area contributed by atoms with Gasteiger partial charge in [-0.15, -0.1) is 0 Å². The molecule has 84 valence electrons. The van der Waals surface area contributed by atoms with E-state index in [1.54, 1.807) is 0 Å². The van der Waals surface area contributed by atoms with Crippen LogP contribution in [0.15, 0.2) is 0 Å². The summed E-state index contributed by atoms with van der Waals surface area (Å²) in [5.74, 6) is 0.229. The van der Waals surface area contributed by atoms with Gasteiger partial charge in [0.05, 0.1) is 0 Å². The van der Waals surface area contributed by atoms with E-state index in [0.29, 0.717) is 19.6 Å². The van der Waals surface area contributed by atoms with Crippen LogP contribution in [0.1, 0.15) is 20.3 Å². The van der Waals surface area contributed by atoms with Crippen LogP contribution in [0, 0.1) is 5.92 Å². The van der Waals surface area contributed by atoms with Gasteiger partial charge in [0.15, 0.2) is 0 Å². The highest BCUT2D eigenvalue weighted by Gasteiger charge is 2.33. The second-order valence-electron chi connectivity index (χ2n) is 3.78. The molecule has 1 aliphatic heterocycles. The number of nitrogens with two attached hydrogens (primary N) is 1. The van der Waals surface area contributed by atoms with E-state index in [0.717, 1.165) is 6.42 Å². The quantitative estimate of drug-likeness (QED) is 0.675. The summed E-state index contributed by atoms with van der Waals surface area (Å²) in [5, 5.41) is 0. The summed E-state index contributed by atoms with van der Waals surface area (Å²) in [6.45, 7) is 5.42. The fraction of sp³-hybridized carbons (Fsp3) is 1.00. The van der Waals surface area contributed by atoms with Crippen LogP contribution in [0.5, 0.6) is 0 Å². The molecule has 1 rings (SSSR count). The van der Waals surface area contributed by atoms with Crippen LogP contribution in [-0.2, 0) is 10.2 Å². The Labute approximate surface area is 85.8 Å². The minimum absolute atomic E-state index is 0.0434. The molecule has 2 unspecified atom stereocenters. The molecular weight excluding hydrogens is 202 g/mol. The highest BCUT2D eigenvalue weighted by molar-refractivity contribution is 7.87. The first-order chi connectivity index (χ1) is 6.51. The lowest BCUT2D eigenvalue weighted by Gasteiger charge is -2.35. The molecule has 3 N–H and O–H groups in total. The molecule has 0 spiro atoms. The van der Waals surface area contributed by atoms with E-state index in [9.17, 15) is 8.42 Å². The van der Waals surface area contributed by atoms with Crippen molar-refractivity contribution in [3.05, 3.63) is 0 Å². The summed E-state index contributed by atoms with van der Waals surface area (Å²) < 4.78 is 27.3. The Morgan fingerprint density at radius 2 is 2.29 bits per heavy atom. The fourth-order valence-corrected chi connectivity index (χ4v) is 3.14. The van der Waals surface area contributed by atoms with Crippen molar-refractivity contribution in [3.8, 4) is 0 Å². The molecule has 0 bridgehead atoms. The van der Waals surface area contributed by atoms with E-state index in [2.05, 4.69) is 4.72 Å². The second kappa shape index (κ2) is 4.57. The van der Waals surface area contributed by atoms with Crippen LogP contribution < -0.4 is 10.5 Å². The van der Waals surface area contributed by atoms with E-state index in [1.165, 1.54) is 4.31 Å². The van der Waals surface area contributed by atoms with Crippen LogP contribution in [0.4, 0.5) is 0 Å². The maximum Gasteiger partial charge on any atom is 0.279 e. The lowest BCUT2D eigenvalue weighted by molar-refractivity contribution is 0.259. The van der Waals surface area contributed by atoms with Gasteiger partial charge in [-0.25, -0.2) is 4.72 Å². The molecule has 5 nitrogen and oxygen atoms in total. The van der Waals surface area contributed by atoms with Crippen molar-refractivity contribution < 1.29 is 8.42 Å². The van der Waals surface area contributed by atoms with Crippen molar-refractivity contribution >= 4 is 10.2 Å². The van der Waals surface area contributed by atoms with Gasteiger partial charge < -0.3 is 5.73 Å². The first-order valence-electron chi connectivity index (χ1n) is 4.97. The summed E-state index contributed by atoms with van der Waals surface area (Å²) in [5.41, 5.74) is 5.53.